The lowest BCUT2D eigenvalue weighted by Gasteiger charge is -2.30. The minimum Gasteiger partial charge on any atom is -0.408 e. The van der Waals surface area contributed by atoms with E-state index in [2.05, 4.69) is 10.2 Å². The quantitative estimate of drug-likeness (QED) is 0.749. The Morgan fingerprint density at radius 3 is 2.96 bits per heavy atom. The molecule has 1 unspecified atom stereocenters. The van der Waals surface area contributed by atoms with Crippen LogP contribution in [0, 0.1) is 0 Å². The number of fused-ring (bicyclic) bond motifs is 2. The molecule has 25 heavy (non-hydrogen) atoms. The molecule has 0 spiro atoms. The first-order valence-electron chi connectivity index (χ1n) is 8.04. The SMILES string of the molecule is CC(C(=O)N1CCc2nnc(N)cc2C1)n1c(=O)oc2ccccc21. The van der Waals surface area contributed by atoms with E-state index >= 15 is 0 Å². The number of amides is 1. The average Bonchev–Trinajstić information content (AvgIpc) is 2.95. The number of oxazole rings is 1. The summed E-state index contributed by atoms with van der Waals surface area (Å²) in [6.07, 6.45) is 0.613. The maximum Gasteiger partial charge on any atom is 0.420 e. The van der Waals surface area contributed by atoms with Gasteiger partial charge in [-0.3, -0.25) is 9.36 Å². The van der Waals surface area contributed by atoms with Gasteiger partial charge in [0.2, 0.25) is 5.91 Å². The Labute approximate surface area is 142 Å². The lowest BCUT2D eigenvalue weighted by molar-refractivity contribution is -0.135. The van der Waals surface area contributed by atoms with E-state index in [4.69, 9.17) is 10.2 Å². The molecule has 8 heteroatoms. The predicted molar refractivity (Wildman–Crippen MR) is 90.8 cm³/mol. The smallest absolute Gasteiger partial charge is 0.408 e. The molecular weight excluding hydrogens is 322 g/mol. The van der Waals surface area contributed by atoms with Gasteiger partial charge in [-0.2, -0.15) is 5.10 Å². The largest absolute Gasteiger partial charge is 0.420 e. The topological polar surface area (TPSA) is 107 Å². The summed E-state index contributed by atoms with van der Waals surface area (Å²) < 4.78 is 6.63. The summed E-state index contributed by atoms with van der Waals surface area (Å²) in [5.74, 6) is -0.345. The lowest BCUT2D eigenvalue weighted by Crippen LogP contribution is -2.41. The van der Waals surface area contributed by atoms with E-state index in [0.717, 1.165) is 11.3 Å². The normalized spacial score (nSPS) is 15.2. The zero-order valence-electron chi connectivity index (χ0n) is 13.7. The second-order valence-electron chi connectivity index (χ2n) is 6.13. The first-order valence-corrected chi connectivity index (χ1v) is 8.04. The van der Waals surface area contributed by atoms with Crippen LogP contribution in [0.5, 0.6) is 0 Å². The third kappa shape index (κ3) is 2.55. The number of carbonyl (C=O) groups is 1. The van der Waals surface area contributed by atoms with E-state index in [1.807, 2.05) is 6.07 Å². The van der Waals surface area contributed by atoms with Crippen molar-refractivity contribution in [1.29, 1.82) is 0 Å². The number of hydrogen-bond donors (Lipinski definition) is 1. The van der Waals surface area contributed by atoms with Gasteiger partial charge in [0.1, 0.15) is 11.9 Å². The number of carbonyl (C=O) groups excluding carboxylic acids is 1. The highest BCUT2D eigenvalue weighted by Gasteiger charge is 2.29. The molecule has 1 amide bonds. The Morgan fingerprint density at radius 1 is 1.32 bits per heavy atom. The Morgan fingerprint density at radius 2 is 2.12 bits per heavy atom. The second-order valence-corrected chi connectivity index (χ2v) is 6.13. The zero-order chi connectivity index (χ0) is 17.6. The highest BCUT2D eigenvalue weighted by Crippen LogP contribution is 2.22. The number of aromatic nitrogens is 3. The van der Waals surface area contributed by atoms with Gasteiger partial charge in [0.15, 0.2) is 5.58 Å². The van der Waals surface area contributed by atoms with Gasteiger partial charge in [-0.1, -0.05) is 12.1 Å². The van der Waals surface area contributed by atoms with Crippen LogP contribution in [0.15, 0.2) is 39.5 Å². The van der Waals surface area contributed by atoms with E-state index in [9.17, 15) is 9.59 Å². The molecule has 8 nitrogen and oxygen atoms in total. The van der Waals surface area contributed by atoms with E-state index in [0.29, 0.717) is 36.4 Å². The van der Waals surface area contributed by atoms with Crippen molar-refractivity contribution in [3.8, 4) is 0 Å². The van der Waals surface area contributed by atoms with Gasteiger partial charge in [-0.05, 0) is 30.7 Å². The summed E-state index contributed by atoms with van der Waals surface area (Å²) in [6, 6.07) is 8.16. The van der Waals surface area contributed by atoms with Crippen LogP contribution in [-0.2, 0) is 17.8 Å². The summed E-state index contributed by atoms with van der Waals surface area (Å²) in [6.45, 7) is 2.64. The first kappa shape index (κ1) is 15.4. The van der Waals surface area contributed by atoms with Gasteiger partial charge in [0, 0.05) is 19.5 Å². The van der Waals surface area contributed by atoms with Crippen LogP contribution in [0.4, 0.5) is 5.82 Å². The number of nitrogens with two attached hydrogens (primary N) is 1. The summed E-state index contributed by atoms with van der Waals surface area (Å²) in [7, 11) is 0. The van der Waals surface area contributed by atoms with Crippen molar-refractivity contribution in [3.63, 3.8) is 0 Å². The summed E-state index contributed by atoms with van der Waals surface area (Å²) in [5.41, 5.74) is 8.52. The molecule has 0 fully saturated rings. The first-order chi connectivity index (χ1) is 12.0. The summed E-state index contributed by atoms with van der Waals surface area (Å²) in [5, 5.41) is 7.93. The van der Waals surface area contributed by atoms with Crippen molar-refractivity contribution in [2.24, 2.45) is 0 Å². The molecule has 2 N–H and O–H groups in total. The van der Waals surface area contributed by atoms with Crippen molar-refractivity contribution in [2.75, 3.05) is 12.3 Å². The Hall–Kier alpha value is -3.16. The van der Waals surface area contributed by atoms with E-state index in [1.54, 1.807) is 36.1 Å². The Balaban J connectivity index is 1.65. The fourth-order valence-corrected chi connectivity index (χ4v) is 3.26. The molecule has 0 saturated heterocycles. The van der Waals surface area contributed by atoms with Crippen LogP contribution in [0.3, 0.4) is 0 Å². The molecule has 0 bridgehead atoms. The van der Waals surface area contributed by atoms with Gasteiger partial charge >= 0.3 is 5.76 Å². The van der Waals surface area contributed by atoms with Crippen LogP contribution < -0.4 is 11.5 Å². The molecule has 2 aromatic heterocycles. The molecule has 0 radical (unpaired) electrons. The van der Waals surface area contributed by atoms with Crippen LogP contribution in [-0.4, -0.2) is 32.1 Å². The van der Waals surface area contributed by atoms with Gasteiger partial charge in [-0.15, -0.1) is 5.10 Å². The van der Waals surface area contributed by atoms with Crippen molar-refractivity contribution in [3.05, 3.63) is 52.1 Å². The van der Waals surface area contributed by atoms with Crippen LogP contribution in [0.2, 0.25) is 0 Å². The van der Waals surface area contributed by atoms with Crippen molar-refractivity contribution in [1.82, 2.24) is 19.7 Å². The van der Waals surface area contributed by atoms with Gasteiger partial charge in [-0.25, -0.2) is 4.79 Å². The van der Waals surface area contributed by atoms with Crippen LogP contribution in [0.1, 0.15) is 24.2 Å². The summed E-state index contributed by atoms with van der Waals surface area (Å²) in [4.78, 5) is 26.9. The van der Waals surface area contributed by atoms with Crippen molar-refractivity contribution in [2.45, 2.75) is 25.9 Å². The minimum absolute atomic E-state index is 0.144. The molecule has 0 saturated carbocycles. The van der Waals surface area contributed by atoms with E-state index < -0.39 is 11.8 Å². The standard InChI is InChI=1S/C17H17N5O3/c1-10(22-13-4-2-3-5-14(13)25-17(22)24)16(23)21-7-6-12-11(9-21)8-15(18)20-19-12/h2-5,8,10H,6-7,9H2,1H3,(H2,18,20). The second kappa shape index (κ2) is 5.73. The highest BCUT2D eigenvalue weighted by atomic mass is 16.4. The number of anilines is 1. The molecule has 1 aromatic carbocycles. The van der Waals surface area contributed by atoms with Crippen LogP contribution >= 0.6 is 0 Å². The minimum atomic E-state index is -0.662. The number of nitrogen functional groups attached to an aromatic ring is 1. The van der Waals surface area contributed by atoms with E-state index in [-0.39, 0.29) is 5.91 Å². The van der Waals surface area contributed by atoms with Crippen molar-refractivity contribution < 1.29 is 9.21 Å². The van der Waals surface area contributed by atoms with Gasteiger partial charge < -0.3 is 15.1 Å². The monoisotopic (exact) mass is 339 g/mol. The molecule has 3 heterocycles. The number of rotatable bonds is 2. The lowest BCUT2D eigenvalue weighted by atomic mass is 10.1. The van der Waals surface area contributed by atoms with Crippen LogP contribution in [0.25, 0.3) is 11.1 Å². The number of benzene rings is 1. The fraction of sp³-hybridized carbons (Fsp3) is 0.294. The Bertz CT molecular complexity index is 1020. The maximum absolute atomic E-state index is 12.9. The third-order valence-electron chi connectivity index (χ3n) is 4.53. The van der Waals surface area contributed by atoms with Gasteiger partial charge in [0.25, 0.3) is 0 Å². The van der Waals surface area contributed by atoms with E-state index in [1.165, 1.54) is 4.57 Å². The molecule has 3 aromatic rings. The molecule has 4 rings (SSSR count). The number of hydrogen-bond acceptors (Lipinski definition) is 6. The summed E-state index contributed by atoms with van der Waals surface area (Å²) >= 11 is 0. The molecule has 1 aliphatic rings. The number of nitrogens with zero attached hydrogens (tertiary/aromatic N) is 4. The zero-order valence-corrected chi connectivity index (χ0v) is 13.7. The fourth-order valence-electron chi connectivity index (χ4n) is 3.26. The predicted octanol–water partition coefficient (Wildman–Crippen LogP) is 1.11. The van der Waals surface area contributed by atoms with Crippen molar-refractivity contribution >= 4 is 22.8 Å². The maximum atomic E-state index is 12.9. The van der Waals surface area contributed by atoms with Gasteiger partial charge in [0.05, 0.1) is 11.2 Å². The number of para-hydroxylation sites is 2. The molecule has 1 atom stereocenters. The molecule has 0 aliphatic carbocycles. The third-order valence-corrected chi connectivity index (χ3v) is 4.53. The molecule has 1 aliphatic heterocycles. The molecule has 128 valence electrons. The average molecular weight is 339 g/mol. The Kier molecular flexibility index (Phi) is 3.52. The highest BCUT2D eigenvalue weighted by molar-refractivity contribution is 5.83. The molecular formula is C17H17N5O3.